The highest BCUT2D eigenvalue weighted by molar-refractivity contribution is 5.81. The summed E-state index contributed by atoms with van der Waals surface area (Å²) in [7, 11) is 0. The predicted molar refractivity (Wildman–Crippen MR) is 68.3 cm³/mol. The molecule has 0 aromatic carbocycles. The molecule has 0 unspecified atom stereocenters. The van der Waals surface area contributed by atoms with Gasteiger partial charge < -0.3 is 30.8 Å². The smallest absolute Gasteiger partial charge is 0.251 e. The maximum Gasteiger partial charge on any atom is 0.251 e. The van der Waals surface area contributed by atoms with E-state index in [4.69, 9.17) is 10.2 Å². The van der Waals surface area contributed by atoms with Crippen molar-refractivity contribution < 1.29 is 30.3 Å². The van der Waals surface area contributed by atoms with Gasteiger partial charge in [0.25, 0.3) is 5.91 Å². The molecule has 0 spiro atoms. The lowest BCUT2D eigenvalue weighted by atomic mass is 10.0. The van der Waals surface area contributed by atoms with Gasteiger partial charge in [0, 0.05) is 6.54 Å². The Morgan fingerprint density at radius 1 is 1.05 bits per heavy atom. The highest BCUT2D eigenvalue weighted by Gasteiger charge is 2.33. The van der Waals surface area contributed by atoms with Crippen molar-refractivity contribution in [3.05, 3.63) is 0 Å². The van der Waals surface area contributed by atoms with Crippen LogP contribution in [0.25, 0.3) is 0 Å². The van der Waals surface area contributed by atoms with Crippen LogP contribution in [0.1, 0.15) is 32.6 Å². The predicted octanol–water partition coefficient (Wildman–Crippen LogP) is -1.88. The van der Waals surface area contributed by atoms with Gasteiger partial charge in [-0.25, -0.2) is 0 Å². The molecule has 0 radical (unpaired) electrons. The fourth-order valence-corrected chi connectivity index (χ4v) is 1.55. The molecule has 0 aliphatic heterocycles. The van der Waals surface area contributed by atoms with Crippen molar-refractivity contribution >= 4 is 5.91 Å². The summed E-state index contributed by atoms with van der Waals surface area (Å²) >= 11 is 0. The third kappa shape index (κ3) is 6.84. The fraction of sp³-hybridized carbons (Fsp3) is 0.917. The van der Waals surface area contributed by atoms with E-state index in [2.05, 4.69) is 12.2 Å². The third-order valence-electron chi connectivity index (χ3n) is 2.85. The van der Waals surface area contributed by atoms with E-state index in [1.165, 1.54) is 0 Å². The van der Waals surface area contributed by atoms with Crippen molar-refractivity contribution in [3.8, 4) is 0 Å². The molecule has 0 bridgehead atoms. The van der Waals surface area contributed by atoms with Gasteiger partial charge in [-0.1, -0.05) is 26.2 Å². The molecule has 1 amide bonds. The van der Waals surface area contributed by atoms with E-state index < -0.39 is 36.9 Å². The average Bonchev–Trinajstić information content (AvgIpc) is 2.43. The van der Waals surface area contributed by atoms with E-state index in [0.717, 1.165) is 25.7 Å². The van der Waals surface area contributed by atoms with Crippen LogP contribution in [-0.2, 0) is 4.79 Å². The number of rotatable bonds is 10. The lowest BCUT2D eigenvalue weighted by molar-refractivity contribution is -0.148. The van der Waals surface area contributed by atoms with Crippen LogP contribution in [0, 0.1) is 0 Å². The second kappa shape index (κ2) is 10.1. The Balaban J connectivity index is 4.03. The SMILES string of the molecule is CCCCCCNC(=O)[C@H](O)[C@@H](O)[C@@H](O)[C@H](O)CO. The number of nitrogens with one attached hydrogen (secondary N) is 1. The van der Waals surface area contributed by atoms with Gasteiger partial charge in [0.1, 0.15) is 18.3 Å². The van der Waals surface area contributed by atoms with Crippen molar-refractivity contribution in [2.24, 2.45) is 0 Å². The summed E-state index contributed by atoms with van der Waals surface area (Å²) in [4.78, 5) is 11.5. The van der Waals surface area contributed by atoms with Gasteiger partial charge in [-0.15, -0.1) is 0 Å². The largest absolute Gasteiger partial charge is 0.394 e. The normalized spacial score (nSPS) is 17.6. The summed E-state index contributed by atoms with van der Waals surface area (Å²) in [5, 5.41) is 48.4. The van der Waals surface area contributed by atoms with Gasteiger partial charge in [-0.05, 0) is 6.42 Å². The average molecular weight is 279 g/mol. The Labute approximate surface area is 112 Å². The lowest BCUT2D eigenvalue weighted by Gasteiger charge is -2.24. The van der Waals surface area contributed by atoms with Crippen LogP contribution in [-0.4, -0.2) is 69.0 Å². The zero-order valence-electron chi connectivity index (χ0n) is 11.2. The number of hydrogen-bond acceptors (Lipinski definition) is 6. The van der Waals surface area contributed by atoms with E-state index in [1.54, 1.807) is 0 Å². The molecule has 0 aromatic rings. The molecular weight excluding hydrogens is 254 g/mol. The maximum absolute atomic E-state index is 11.5. The van der Waals surface area contributed by atoms with Crippen molar-refractivity contribution in [1.29, 1.82) is 0 Å². The minimum atomic E-state index is -1.85. The Hall–Kier alpha value is -0.730. The van der Waals surface area contributed by atoms with Gasteiger partial charge in [0.15, 0.2) is 6.10 Å². The van der Waals surface area contributed by atoms with Crippen LogP contribution in [0.2, 0.25) is 0 Å². The Morgan fingerprint density at radius 2 is 1.68 bits per heavy atom. The number of unbranched alkanes of at least 4 members (excludes halogenated alkanes) is 3. The first kappa shape index (κ1) is 18.3. The molecule has 0 saturated heterocycles. The fourth-order valence-electron chi connectivity index (χ4n) is 1.55. The molecule has 0 rings (SSSR count). The second-order valence-electron chi connectivity index (χ2n) is 4.53. The first-order valence-electron chi connectivity index (χ1n) is 6.56. The molecule has 114 valence electrons. The van der Waals surface area contributed by atoms with Crippen LogP contribution in [0.4, 0.5) is 0 Å². The van der Waals surface area contributed by atoms with Gasteiger partial charge in [0.2, 0.25) is 0 Å². The standard InChI is InChI=1S/C12H25NO6/c1-2-3-4-5-6-13-12(19)11(18)10(17)9(16)8(15)7-14/h8-11,14-18H,2-7H2,1H3,(H,13,19)/t8-,9+,10+,11-/m1/s1. The molecule has 0 aliphatic carbocycles. The highest BCUT2D eigenvalue weighted by atomic mass is 16.4. The minimum absolute atomic E-state index is 0.376. The van der Waals surface area contributed by atoms with Crippen LogP contribution in [0.15, 0.2) is 0 Å². The number of aliphatic hydroxyl groups excluding tert-OH is 5. The summed E-state index contributed by atoms with van der Waals surface area (Å²) in [5.41, 5.74) is 0. The van der Waals surface area contributed by atoms with Crippen LogP contribution in [0.3, 0.4) is 0 Å². The van der Waals surface area contributed by atoms with E-state index in [-0.39, 0.29) is 0 Å². The number of aliphatic hydroxyl groups is 5. The molecule has 7 heteroatoms. The molecule has 4 atom stereocenters. The van der Waals surface area contributed by atoms with E-state index in [9.17, 15) is 20.1 Å². The van der Waals surface area contributed by atoms with E-state index in [0.29, 0.717) is 6.54 Å². The van der Waals surface area contributed by atoms with Gasteiger partial charge in [0.05, 0.1) is 6.61 Å². The lowest BCUT2D eigenvalue weighted by Crippen LogP contribution is -2.51. The monoisotopic (exact) mass is 279 g/mol. The first-order valence-corrected chi connectivity index (χ1v) is 6.56. The topological polar surface area (TPSA) is 130 Å². The van der Waals surface area contributed by atoms with E-state index in [1.807, 2.05) is 0 Å². The number of carbonyl (C=O) groups is 1. The maximum atomic E-state index is 11.5. The zero-order chi connectivity index (χ0) is 14.8. The van der Waals surface area contributed by atoms with Crippen molar-refractivity contribution in [2.45, 2.75) is 57.0 Å². The molecule has 0 fully saturated rings. The zero-order valence-corrected chi connectivity index (χ0v) is 11.2. The molecule has 7 nitrogen and oxygen atoms in total. The first-order chi connectivity index (χ1) is 8.95. The molecular formula is C12H25NO6. The minimum Gasteiger partial charge on any atom is -0.394 e. The van der Waals surface area contributed by atoms with Gasteiger partial charge >= 0.3 is 0 Å². The summed E-state index contributed by atoms with van der Waals surface area (Å²) in [5.74, 6) is -0.812. The number of amides is 1. The quantitative estimate of drug-likeness (QED) is 0.260. The van der Waals surface area contributed by atoms with E-state index >= 15 is 0 Å². The number of carbonyl (C=O) groups excluding carboxylic acids is 1. The molecule has 6 N–H and O–H groups in total. The van der Waals surface area contributed by atoms with Crippen LogP contribution < -0.4 is 5.32 Å². The van der Waals surface area contributed by atoms with Crippen molar-refractivity contribution in [3.63, 3.8) is 0 Å². The summed E-state index contributed by atoms with van der Waals surface area (Å²) < 4.78 is 0. The molecule has 0 aromatic heterocycles. The van der Waals surface area contributed by atoms with Gasteiger partial charge in [-0.2, -0.15) is 0 Å². The molecule has 0 heterocycles. The van der Waals surface area contributed by atoms with Crippen LogP contribution >= 0.6 is 0 Å². The third-order valence-corrected chi connectivity index (χ3v) is 2.85. The molecule has 0 saturated carbocycles. The molecule has 19 heavy (non-hydrogen) atoms. The highest BCUT2D eigenvalue weighted by Crippen LogP contribution is 2.05. The van der Waals surface area contributed by atoms with Crippen molar-refractivity contribution in [2.75, 3.05) is 13.2 Å². The second-order valence-corrected chi connectivity index (χ2v) is 4.53. The van der Waals surface area contributed by atoms with Crippen molar-refractivity contribution in [1.82, 2.24) is 5.32 Å². The summed E-state index contributed by atoms with van der Waals surface area (Å²) in [6.07, 6.45) is -3.23. The number of hydrogen-bond donors (Lipinski definition) is 6. The molecule has 0 aliphatic rings. The Morgan fingerprint density at radius 3 is 2.21 bits per heavy atom. The Bertz CT molecular complexity index is 250. The van der Waals surface area contributed by atoms with Gasteiger partial charge in [-0.3, -0.25) is 4.79 Å². The summed E-state index contributed by atoms with van der Waals surface area (Å²) in [6, 6.07) is 0. The van der Waals surface area contributed by atoms with Crippen LogP contribution in [0.5, 0.6) is 0 Å². The summed E-state index contributed by atoms with van der Waals surface area (Å²) in [6.45, 7) is 1.66. The Kier molecular flexibility index (Phi) is 9.72.